The second-order valence-electron chi connectivity index (χ2n) is 15.6. The van der Waals surface area contributed by atoms with Crippen LogP contribution in [0.4, 0.5) is 14.6 Å². The molecule has 0 saturated carbocycles. The molecule has 1 radical (unpaired) electrons. The summed E-state index contributed by atoms with van der Waals surface area (Å²) >= 11 is 0. The average molecular weight is 734 g/mol. The first-order valence-corrected chi connectivity index (χ1v) is 20.0. The number of halogens is 2. The summed E-state index contributed by atoms with van der Waals surface area (Å²) in [7, 11) is 6.66. The number of aromatic hydroxyl groups is 1. The molecular formula is C44H56BF2N6O. The number of aryl methyl sites for hydroxylation is 2. The van der Waals surface area contributed by atoms with E-state index in [0.717, 1.165) is 50.0 Å². The standard InChI is InChI=1S/C44H56BF2N6O/c1-7-10-20-52(27-29(6)23-35(45)37(13-8-2)49-28(4)5)43-34-26-48-41(33-25-31(54)24-30-14-15-36(46)32(9-3)39(30)33)40(47)42(34)50-38(51-43)16-19-44-17-11-21-53(44)22-12-18-44/h13-15,23-26,28,49,54H,7-12,16-22,27H2,1-6H3/b29-23+,37-13+. The molecule has 2 saturated heterocycles. The Morgan fingerprint density at radius 1 is 1.11 bits per heavy atom. The number of nitrogens with one attached hydrogen (secondary N) is 1. The zero-order valence-electron chi connectivity index (χ0n) is 33.0. The third-order valence-corrected chi connectivity index (χ3v) is 11.2. The van der Waals surface area contributed by atoms with E-state index in [-0.39, 0.29) is 34.4 Å². The Kier molecular flexibility index (Phi) is 12.5. The van der Waals surface area contributed by atoms with Crippen LogP contribution in [0.25, 0.3) is 32.9 Å². The molecule has 6 rings (SSSR count). The second-order valence-corrected chi connectivity index (χ2v) is 15.6. The van der Waals surface area contributed by atoms with Crippen molar-refractivity contribution in [1.29, 1.82) is 0 Å². The number of hydrogen-bond donors (Lipinski definition) is 2. The van der Waals surface area contributed by atoms with E-state index in [4.69, 9.17) is 22.4 Å². The van der Waals surface area contributed by atoms with Crippen molar-refractivity contribution >= 4 is 40.4 Å². The summed E-state index contributed by atoms with van der Waals surface area (Å²) in [4.78, 5) is 19.7. The maximum atomic E-state index is 17.3. The predicted molar refractivity (Wildman–Crippen MR) is 221 cm³/mol. The van der Waals surface area contributed by atoms with Crippen LogP contribution in [-0.2, 0) is 12.8 Å². The monoisotopic (exact) mass is 733 g/mol. The second kappa shape index (κ2) is 17.1. The van der Waals surface area contributed by atoms with E-state index in [1.807, 2.05) is 13.0 Å². The molecule has 2 aliphatic heterocycles. The molecular weight excluding hydrogens is 677 g/mol. The first-order valence-electron chi connectivity index (χ1n) is 20.0. The molecule has 285 valence electrons. The number of phenolic OH excluding ortho intramolecular Hbond substituents is 1. The van der Waals surface area contributed by atoms with Gasteiger partial charge in [0.05, 0.1) is 0 Å². The van der Waals surface area contributed by atoms with Crippen molar-refractivity contribution in [3.05, 3.63) is 76.9 Å². The van der Waals surface area contributed by atoms with Gasteiger partial charge in [-0.3, -0.25) is 0 Å². The topological polar surface area (TPSA) is 77.4 Å². The molecule has 0 bridgehead atoms. The molecule has 2 N–H and O–H groups in total. The van der Waals surface area contributed by atoms with Gasteiger partial charge in [-0.15, -0.1) is 0 Å². The van der Waals surface area contributed by atoms with Crippen molar-refractivity contribution in [3.63, 3.8) is 0 Å². The Balaban J connectivity index is 1.49. The predicted octanol–water partition coefficient (Wildman–Crippen LogP) is 9.14. The summed E-state index contributed by atoms with van der Waals surface area (Å²) in [5, 5.41) is 15.9. The molecule has 0 aliphatic carbocycles. The average Bonchev–Trinajstić information content (AvgIpc) is 3.73. The Morgan fingerprint density at radius 3 is 2.56 bits per heavy atom. The van der Waals surface area contributed by atoms with Crippen LogP contribution in [0.2, 0.25) is 0 Å². The maximum absolute atomic E-state index is 17.3. The molecule has 2 aromatic carbocycles. The molecule has 4 heterocycles. The number of pyridine rings is 1. The van der Waals surface area contributed by atoms with Crippen LogP contribution in [0.1, 0.15) is 104 Å². The number of benzene rings is 2. The fourth-order valence-electron chi connectivity index (χ4n) is 8.71. The number of rotatable bonds is 16. The van der Waals surface area contributed by atoms with Gasteiger partial charge in [-0.1, -0.05) is 13.0 Å². The Morgan fingerprint density at radius 2 is 1.87 bits per heavy atom. The molecule has 7 nitrogen and oxygen atoms in total. The van der Waals surface area contributed by atoms with Crippen LogP contribution in [0.3, 0.4) is 0 Å². The van der Waals surface area contributed by atoms with Gasteiger partial charge in [0.15, 0.2) is 0 Å². The van der Waals surface area contributed by atoms with Crippen LogP contribution in [-0.4, -0.2) is 75.7 Å². The Bertz CT molecular complexity index is 2070. The van der Waals surface area contributed by atoms with Gasteiger partial charge in [-0.2, -0.15) is 0 Å². The van der Waals surface area contributed by atoms with E-state index < -0.39 is 5.82 Å². The van der Waals surface area contributed by atoms with Gasteiger partial charge in [0.25, 0.3) is 0 Å². The summed E-state index contributed by atoms with van der Waals surface area (Å²) in [6.07, 6.45) is 15.2. The van der Waals surface area contributed by atoms with Gasteiger partial charge >= 0.3 is 232 Å². The quantitative estimate of drug-likeness (QED) is 0.111. The van der Waals surface area contributed by atoms with E-state index in [2.05, 4.69) is 55.8 Å². The molecule has 2 fully saturated rings. The number of nitrogens with zero attached hydrogens (tertiary/aromatic N) is 5. The van der Waals surface area contributed by atoms with Gasteiger partial charge in [0, 0.05) is 0 Å². The third kappa shape index (κ3) is 8.24. The van der Waals surface area contributed by atoms with Crippen molar-refractivity contribution < 1.29 is 13.9 Å². The van der Waals surface area contributed by atoms with Gasteiger partial charge in [-0.05, 0) is 55.4 Å². The van der Waals surface area contributed by atoms with Gasteiger partial charge < -0.3 is 5.11 Å². The SMILES string of the molecule is [B]=C(/C=C(\C)CN(CCCC)c1nc(CCC23CCCN2CCC3)nc2c(F)c(-c3cc(O)cc4ccc(F)c(CC)c34)ncc12)/C(=C\CC)NC(C)C. The zero-order chi connectivity index (χ0) is 38.6. The first-order chi connectivity index (χ1) is 26.0. The van der Waals surface area contributed by atoms with Crippen LogP contribution < -0.4 is 10.2 Å². The minimum absolute atomic E-state index is 0.0297. The Hall–Kier alpha value is -4.18. The molecule has 0 atom stereocenters. The molecule has 4 aromatic rings. The fraction of sp³-hybridized carbons (Fsp3) is 0.500. The molecule has 54 heavy (non-hydrogen) atoms. The van der Waals surface area contributed by atoms with Crippen molar-refractivity contribution in [2.75, 3.05) is 31.1 Å². The number of unbranched alkanes of at least 4 members (excludes halogenated alkanes) is 1. The van der Waals surface area contributed by atoms with Crippen LogP contribution in [0.15, 0.2) is 53.9 Å². The third-order valence-electron chi connectivity index (χ3n) is 11.2. The summed E-state index contributed by atoms with van der Waals surface area (Å²) in [6.45, 7) is 15.9. The molecule has 10 heteroatoms. The van der Waals surface area contributed by atoms with Gasteiger partial charge in [0.1, 0.15) is 11.6 Å². The molecule has 0 unspecified atom stereocenters. The summed E-state index contributed by atoms with van der Waals surface area (Å²) in [5.74, 6) is 0.226. The first kappa shape index (κ1) is 39.5. The zero-order valence-corrected chi connectivity index (χ0v) is 33.0. The van der Waals surface area contributed by atoms with Gasteiger partial charge in [-0.25, -0.2) is 4.39 Å². The number of aromatic nitrogens is 3. The number of anilines is 1. The van der Waals surface area contributed by atoms with Crippen molar-refractivity contribution in [3.8, 4) is 17.0 Å². The number of allylic oxidation sites excluding steroid dienone is 2. The number of fused-ring (bicyclic) bond motifs is 3. The molecule has 0 amide bonds. The summed E-state index contributed by atoms with van der Waals surface area (Å²) < 4.78 is 32.4. The summed E-state index contributed by atoms with van der Waals surface area (Å²) in [5.41, 5.74) is 3.79. The number of phenols is 1. The van der Waals surface area contributed by atoms with E-state index in [0.29, 0.717) is 70.3 Å². The van der Waals surface area contributed by atoms with E-state index in [1.165, 1.54) is 37.8 Å². The summed E-state index contributed by atoms with van der Waals surface area (Å²) in [6, 6.07) is 6.30. The Labute approximate surface area is 321 Å². The van der Waals surface area contributed by atoms with Crippen molar-refractivity contribution in [2.24, 2.45) is 0 Å². The normalized spacial score (nSPS) is 16.1. The number of hydrogen-bond acceptors (Lipinski definition) is 7. The van der Waals surface area contributed by atoms with Crippen LogP contribution in [0.5, 0.6) is 5.75 Å². The van der Waals surface area contributed by atoms with E-state index in [9.17, 15) is 5.11 Å². The van der Waals surface area contributed by atoms with Crippen molar-refractivity contribution in [1.82, 2.24) is 25.2 Å². The van der Waals surface area contributed by atoms with E-state index >= 15 is 8.78 Å². The van der Waals surface area contributed by atoms with E-state index in [1.54, 1.807) is 18.3 Å². The van der Waals surface area contributed by atoms with Crippen molar-refractivity contribution in [2.45, 2.75) is 117 Å². The fourth-order valence-corrected chi connectivity index (χ4v) is 8.71. The van der Waals surface area contributed by atoms with Gasteiger partial charge in [0.2, 0.25) is 0 Å². The van der Waals surface area contributed by atoms with Crippen LogP contribution >= 0.6 is 0 Å². The minimum atomic E-state index is -0.605. The molecule has 2 aliphatic rings. The molecule has 0 spiro atoms. The van der Waals surface area contributed by atoms with Crippen LogP contribution in [0, 0.1) is 11.6 Å². The molecule has 2 aromatic heterocycles.